The zero-order valence-electron chi connectivity index (χ0n) is 18.5. The third-order valence-electron chi connectivity index (χ3n) is 4.37. The van der Waals surface area contributed by atoms with Crippen molar-refractivity contribution in [2.24, 2.45) is 0 Å². The predicted octanol–water partition coefficient (Wildman–Crippen LogP) is 3.64. The molecule has 0 saturated heterocycles. The second-order valence-corrected chi connectivity index (χ2v) is 8.43. The molecule has 3 rings (SSSR count). The van der Waals surface area contributed by atoms with Crippen molar-refractivity contribution in [2.45, 2.75) is 52.8 Å². The molecule has 31 heavy (non-hydrogen) atoms. The number of para-hydroxylation sites is 1. The maximum Gasteiger partial charge on any atom is 0.407 e. The van der Waals surface area contributed by atoms with Crippen molar-refractivity contribution in [3.8, 4) is 0 Å². The van der Waals surface area contributed by atoms with Crippen LogP contribution in [0.15, 0.2) is 36.5 Å². The Labute approximate surface area is 181 Å². The number of benzene rings is 1. The van der Waals surface area contributed by atoms with E-state index in [9.17, 15) is 4.79 Å². The summed E-state index contributed by atoms with van der Waals surface area (Å²) in [5.74, 6) is 1.05. The van der Waals surface area contributed by atoms with Gasteiger partial charge in [-0.3, -0.25) is 10.3 Å². The molecule has 0 aliphatic rings. The Hall–Kier alpha value is -3.33. The van der Waals surface area contributed by atoms with E-state index in [1.54, 1.807) is 6.92 Å². The summed E-state index contributed by atoms with van der Waals surface area (Å²) in [6, 6.07) is 7.78. The van der Waals surface area contributed by atoms with Gasteiger partial charge in [0.15, 0.2) is 5.82 Å². The van der Waals surface area contributed by atoms with Crippen LogP contribution in [0.25, 0.3) is 21.9 Å². The number of alkyl carbamates (subject to hydrolysis) is 1. The van der Waals surface area contributed by atoms with Crippen molar-refractivity contribution < 1.29 is 14.4 Å². The molecular weight excluding hydrogens is 396 g/mol. The molecule has 0 bridgehead atoms. The summed E-state index contributed by atoms with van der Waals surface area (Å²) in [5.41, 5.74) is 11.6. The largest absolute Gasteiger partial charge is 0.449 e. The summed E-state index contributed by atoms with van der Waals surface area (Å²) in [4.78, 5) is 26.6. The fourth-order valence-corrected chi connectivity index (χ4v) is 3.21. The predicted molar refractivity (Wildman–Crippen MR) is 121 cm³/mol. The fourth-order valence-electron chi connectivity index (χ4n) is 3.21. The molecule has 0 unspecified atom stereocenters. The van der Waals surface area contributed by atoms with Crippen molar-refractivity contribution in [1.82, 2.24) is 25.3 Å². The lowest BCUT2D eigenvalue weighted by Gasteiger charge is -2.20. The molecule has 2 heterocycles. The maximum absolute atomic E-state index is 11.9. The highest BCUT2D eigenvalue weighted by molar-refractivity contribution is 6.06. The molecule has 0 saturated carbocycles. The molecule has 4 N–H and O–H groups in total. The quantitative estimate of drug-likeness (QED) is 0.372. The molecule has 9 heteroatoms. The smallest absolute Gasteiger partial charge is 0.407 e. The molecule has 0 spiro atoms. The Morgan fingerprint density at radius 3 is 2.71 bits per heavy atom. The second-order valence-electron chi connectivity index (χ2n) is 8.43. The van der Waals surface area contributed by atoms with Crippen LogP contribution in [0.1, 0.15) is 39.9 Å². The van der Waals surface area contributed by atoms with Gasteiger partial charge in [-0.1, -0.05) is 24.8 Å². The number of pyridine rings is 1. The SMILES string of the molecule is C=C(C)NOCc1nc2c(N)nc3ccccc3c2n1CCCOC(=O)NC(C)(C)C. The number of aryl methyl sites for hydroxylation is 1. The molecule has 1 aromatic carbocycles. The first kappa shape index (κ1) is 22.4. The van der Waals surface area contributed by atoms with Gasteiger partial charge in [0, 0.05) is 23.2 Å². The molecule has 1 amide bonds. The summed E-state index contributed by atoms with van der Waals surface area (Å²) in [6.45, 7) is 12.3. The Morgan fingerprint density at radius 2 is 2.00 bits per heavy atom. The number of hydrogen-bond acceptors (Lipinski definition) is 7. The number of carbonyl (C=O) groups excluding carboxylic acids is 1. The number of allylic oxidation sites excluding steroid dienone is 1. The second kappa shape index (κ2) is 9.22. The number of amides is 1. The first-order chi connectivity index (χ1) is 14.7. The number of ether oxygens (including phenoxy) is 1. The Bertz CT molecular complexity index is 1100. The van der Waals surface area contributed by atoms with Crippen LogP contribution >= 0.6 is 0 Å². The number of nitrogens with zero attached hydrogens (tertiary/aromatic N) is 3. The van der Waals surface area contributed by atoms with E-state index in [-0.39, 0.29) is 18.8 Å². The molecule has 3 aromatic rings. The van der Waals surface area contributed by atoms with Gasteiger partial charge in [0.25, 0.3) is 0 Å². The first-order valence-corrected chi connectivity index (χ1v) is 10.2. The molecule has 2 aromatic heterocycles. The molecule has 0 fully saturated rings. The van der Waals surface area contributed by atoms with E-state index >= 15 is 0 Å². The summed E-state index contributed by atoms with van der Waals surface area (Å²) in [5, 5.41) is 3.73. The summed E-state index contributed by atoms with van der Waals surface area (Å²) >= 11 is 0. The number of nitrogen functional groups attached to an aromatic ring is 1. The Kier molecular flexibility index (Phi) is 6.65. The van der Waals surface area contributed by atoms with Gasteiger partial charge in [0.1, 0.15) is 17.9 Å². The van der Waals surface area contributed by atoms with E-state index in [0.29, 0.717) is 35.8 Å². The van der Waals surface area contributed by atoms with Gasteiger partial charge in [-0.05, 0) is 40.2 Å². The number of imidazole rings is 1. The zero-order valence-corrected chi connectivity index (χ0v) is 18.5. The van der Waals surface area contributed by atoms with Crippen molar-refractivity contribution >= 4 is 33.8 Å². The number of hydrogen-bond donors (Lipinski definition) is 3. The van der Waals surface area contributed by atoms with E-state index in [1.165, 1.54) is 0 Å². The Morgan fingerprint density at radius 1 is 1.26 bits per heavy atom. The van der Waals surface area contributed by atoms with Crippen LogP contribution < -0.4 is 16.5 Å². The minimum Gasteiger partial charge on any atom is -0.449 e. The molecule has 0 radical (unpaired) electrons. The van der Waals surface area contributed by atoms with Crippen molar-refractivity contribution in [2.75, 3.05) is 12.3 Å². The van der Waals surface area contributed by atoms with E-state index in [2.05, 4.69) is 27.3 Å². The third-order valence-corrected chi connectivity index (χ3v) is 4.37. The molecule has 0 aliphatic carbocycles. The average molecular weight is 427 g/mol. The highest BCUT2D eigenvalue weighted by Crippen LogP contribution is 2.29. The summed E-state index contributed by atoms with van der Waals surface area (Å²) in [6.07, 6.45) is 0.164. The van der Waals surface area contributed by atoms with Crippen LogP contribution in [0.3, 0.4) is 0 Å². The lowest BCUT2D eigenvalue weighted by Crippen LogP contribution is -2.41. The highest BCUT2D eigenvalue weighted by Gasteiger charge is 2.18. The summed E-state index contributed by atoms with van der Waals surface area (Å²) < 4.78 is 7.36. The van der Waals surface area contributed by atoms with Crippen molar-refractivity contribution in [1.29, 1.82) is 0 Å². The van der Waals surface area contributed by atoms with Crippen LogP contribution in [0.4, 0.5) is 10.6 Å². The molecule has 166 valence electrons. The number of hydroxylamine groups is 1. The number of nitrogens with one attached hydrogen (secondary N) is 2. The normalized spacial score (nSPS) is 11.6. The van der Waals surface area contributed by atoms with Gasteiger partial charge in [0.2, 0.25) is 0 Å². The first-order valence-electron chi connectivity index (χ1n) is 10.2. The number of aromatic nitrogens is 3. The standard InChI is InChI=1S/C22H30N6O3/c1-14(2)27-31-13-17-25-18-19(15-9-6-7-10-16(15)24-20(18)23)28(17)11-8-12-30-21(29)26-22(3,4)5/h6-7,9-10,27H,1,8,11-13H2,2-5H3,(H2,23,24)(H,26,29). The average Bonchev–Trinajstić information content (AvgIpc) is 3.03. The van der Waals surface area contributed by atoms with Gasteiger partial charge in [-0.2, -0.15) is 0 Å². The van der Waals surface area contributed by atoms with Crippen LogP contribution in [0.5, 0.6) is 0 Å². The number of rotatable bonds is 8. The number of anilines is 1. The van der Waals surface area contributed by atoms with Crippen LogP contribution in [0, 0.1) is 0 Å². The number of carbonyl (C=O) groups is 1. The van der Waals surface area contributed by atoms with E-state index in [0.717, 1.165) is 16.4 Å². The van der Waals surface area contributed by atoms with Crippen LogP contribution in [-0.2, 0) is 22.7 Å². The minimum atomic E-state index is -0.434. The van der Waals surface area contributed by atoms with E-state index in [1.807, 2.05) is 49.6 Å². The highest BCUT2D eigenvalue weighted by atomic mass is 16.6. The molecule has 9 nitrogen and oxygen atoms in total. The van der Waals surface area contributed by atoms with Gasteiger partial charge in [0.05, 0.1) is 17.6 Å². The fraction of sp³-hybridized carbons (Fsp3) is 0.409. The van der Waals surface area contributed by atoms with Gasteiger partial charge in [-0.15, -0.1) is 0 Å². The maximum atomic E-state index is 11.9. The van der Waals surface area contributed by atoms with Gasteiger partial charge in [-0.25, -0.2) is 14.8 Å². The van der Waals surface area contributed by atoms with Crippen molar-refractivity contribution in [3.63, 3.8) is 0 Å². The van der Waals surface area contributed by atoms with Gasteiger partial charge < -0.3 is 20.4 Å². The van der Waals surface area contributed by atoms with E-state index < -0.39 is 6.09 Å². The molecular formula is C22H30N6O3. The lowest BCUT2D eigenvalue weighted by molar-refractivity contribution is 0.0436. The number of nitrogens with two attached hydrogens (primary N) is 1. The number of fused-ring (bicyclic) bond motifs is 3. The Balaban J connectivity index is 1.85. The topological polar surface area (TPSA) is 116 Å². The minimum absolute atomic E-state index is 0.209. The lowest BCUT2D eigenvalue weighted by atomic mass is 10.1. The van der Waals surface area contributed by atoms with Crippen molar-refractivity contribution in [3.05, 3.63) is 42.4 Å². The zero-order chi connectivity index (χ0) is 22.6. The third kappa shape index (κ3) is 5.64. The monoisotopic (exact) mass is 426 g/mol. The van der Waals surface area contributed by atoms with Gasteiger partial charge >= 0.3 is 6.09 Å². The van der Waals surface area contributed by atoms with E-state index in [4.69, 9.17) is 15.3 Å². The van der Waals surface area contributed by atoms with Crippen LogP contribution in [0.2, 0.25) is 0 Å². The van der Waals surface area contributed by atoms with Crippen LogP contribution in [-0.4, -0.2) is 32.8 Å². The molecule has 0 aliphatic heterocycles. The summed E-state index contributed by atoms with van der Waals surface area (Å²) in [7, 11) is 0. The molecule has 0 atom stereocenters.